The van der Waals surface area contributed by atoms with E-state index in [1.54, 1.807) is 30.7 Å². The van der Waals surface area contributed by atoms with Crippen molar-refractivity contribution in [3.05, 3.63) is 60.3 Å². The Morgan fingerprint density at radius 2 is 1.81 bits per heavy atom. The molecule has 4 rings (SSSR count). The maximum atomic E-state index is 13.3. The number of hydrogen-bond donors (Lipinski definition) is 3. The molecule has 9 heteroatoms. The predicted molar refractivity (Wildman–Crippen MR) is 118 cm³/mol. The van der Waals surface area contributed by atoms with E-state index >= 15 is 0 Å². The molecule has 0 saturated carbocycles. The standard InChI is InChI=1S/C22H26FN7O/c1-14(2)22(31)12-30(13-22)20-10-18(27-19-11-24-8-9-25-19)28-21(29-20)26-15(3)16-4-6-17(23)7-5-16/h4-11,14-15,31H,12-13H2,1-3H3,(H2,25,26,27,28,29). The summed E-state index contributed by atoms with van der Waals surface area (Å²) in [5.41, 5.74) is 0.190. The highest BCUT2D eigenvalue weighted by molar-refractivity contribution is 5.60. The third kappa shape index (κ3) is 4.72. The van der Waals surface area contributed by atoms with E-state index in [1.807, 2.05) is 31.7 Å². The molecule has 0 amide bonds. The molecule has 1 atom stereocenters. The van der Waals surface area contributed by atoms with Gasteiger partial charge in [-0.15, -0.1) is 0 Å². The zero-order valence-electron chi connectivity index (χ0n) is 17.7. The van der Waals surface area contributed by atoms with E-state index in [0.717, 1.165) is 5.56 Å². The number of halogens is 1. The van der Waals surface area contributed by atoms with E-state index in [-0.39, 0.29) is 17.8 Å². The molecule has 1 aliphatic rings. The van der Waals surface area contributed by atoms with Gasteiger partial charge in [0, 0.05) is 18.5 Å². The van der Waals surface area contributed by atoms with Crippen LogP contribution in [0.3, 0.4) is 0 Å². The second-order valence-electron chi connectivity index (χ2n) is 8.18. The topological polar surface area (TPSA) is 99.1 Å². The highest BCUT2D eigenvalue weighted by Gasteiger charge is 2.44. The summed E-state index contributed by atoms with van der Waals surface area (Å²) in [7, 11) is 0. The van der Waals surface area contributed by atoms with Gasteiger partial charge >= 0.3 is 0 Å². The van der Waals surface area contributed by atoms with Crippen molar-refractivity contribution in [1.29, 1.82) is 0 Å². The highest BCUT2D eigenvalue weighted by atomic mass is 19.1. The van der Waals surface area contributed by atoms with Gasteiger partial charge in [-0.25, -0.2) is 9.37 Å². The molecule has 1 saturated heterocycles. The molecule has 0 bridgehead atoms. The minimum Gasteiger partial charge on any atom is -0.386 e. The molecule has 1 aromatic carbocycles. The van der Waals surface area contributed by atoms with Gasteiger partial charge in [0.25, 0.3) is 0 Å². The number of hydrogen-bond acceptors (Lipinski definition) is 8. The average molecular weight is 423 g/mol. The Hall–Kier alpha value is -3.33. The fraction of sp³-hybridized carbons (Fsp3) is 0.364. The van der Waals surface area contributed by atoms with Crippen LogP contribution in [0.15, 0.2) is 48.9 Å². The van der Waals surface area contributed by atoms with Crippen molar-refractivity contribution in [2.75, 3.05) is 28.6 Å². The Balaban J connectivity index is 1.59. The first-order valence-electron chi connectivity index (χ1n) is 10.2. The van der Waals surface area contributed by atoms with Gasteiger partial charge in [0.15, 0.2) is 0 Å². The first kappa shape index (κ1) is 20.9. The van der Waals surface area contributed by atoms with Gasteiger partial charge < -0.3 is 20.6 Å². The zero-order valence-corrected chi connectivity index (χ0v) is 17.7. The molecular formula is C22H26FN7O. The normalized spacial score (nSPS) is 16.0. The van der Waals surface area contributed by atoms with E-state index in [9.17, 15) is 9.50 Å². The van der Waals surface area contributed by atoms with Gasteiger partial charge in [-0.3, -0.25) is 4.98 Å². The Labute approximate surface area is 180 Å². The third-order valence-electron chi connectivity index (χ3n) is 5.58. The Morgan fingerprint density at radius 3 is 2.45 bits per heavy atom. The van der Waals surface area contributed by atoms with E-state index < -0.39 is 5.60 Å². The van der Waals surface area contributed by atoms with E-state index in [2.05, 4.69) is 30.6 Å². The van der Waals surface area contributed by atoms with Crippen molar-refractivity contribution in [3.63, 3.8) is 0 Å². The van der Waals surface area contributed by atoms with Crippen LogP contribution in [0.1, 0.15) is 32.4 Å². The van der Waals surface area contributed by atoms with Crippen LogP contribution in [-0.2, 0) is 0 Å². The summed E-state index contributed by atoms with van der Waals surface area (Å²) in [5.74, 6) is 2.10. The van der Waals surface area contributed by atoms with E-state index in [4.69, 9.17) is 0 Å². The van der Waals surface area contributed by atoms with Crippen molar-refractivity contribution in [1.82, 2.24) is 19.9 Å². The number of benzene rings is 1. The summed E-state index contributed by atoms with van der Waals surface area (Å²) in [6.07, 6.45) is 4.80. The molecule has 31 heavy (non-hydrogen) atoms. The molecule has 3 heterocycles. The lowest BCUT2D eigenvalue weighted by atomic mass is 9.83. The Bertz CT molecular complexity index is 1020. The van der Waals surface area contributed by atoms with Gasteiger partial charge in [0.05, 0.1) is 25.3 Å². The van der Waals surface area contributed by atoms with Crippen LogP contribution in [0.4, 0.5) is 27.8 Å². The highest BCUT2D eigenvalue weighted by Crippen LogP contribution is 2.33. The summed E-state index contributed by atoms with van der Waals surface area (Å²) in [6.45, 7) is 6.98. The molecule has 3 N–H and O–H groups in total. The van der Waals surface area contributed by atoms with Crippen LogP contribution in [-0.4, -0.2) is 43.7 Å². The van der Waals surface area contributed by atoms with Gasteiger partial charge in [-0.1, -0.05) is 26.0 Å². The largest absolute Gasteiger partial charge is 0.386 e. The predicted octanol–water partition coefficient (Wildman–Crippen LogP) is 3.53. The Morgan fingerprint density at radius 1 is 1.06 bits per heavy atom. The maximum Gasteiger partial charge on any atom is 0.227 e. The van der Waals surface area contributed by atoms with Crippen molar-refractivity contribution < 1.29 is 9.50 Å². The summed E-state index contributed by atoms with van der Waals surface area (Å²) < 4.78 is 13.3. The molecule has 1 fully saturated rings. The first-order valence-corrected chi connectivity index (χ1v) is 10.2. The van der Waals surface area contributed by atoms with Crippen LogP contribution in [0.2, 0.25) is 0 Å². The number of β-amino-alcohol motifs (C(OH)–C–C–N with tert-alkyl or cyclic N) is 1. The molecule has 3 aromatic rings. The molecule has 0 aliphatic carbocycles. The lowest BCUT2D eigenvalue weighted by molar-refractivity contribution is -0.0304. The number of aromatic nitrogens is 4. The summed E-state index contributed by atoms with van der Waals surface area (Å²) in [6, 6.07) is 8.01. The van der Waals surface area contributed by atoms with Crippen LogP contribution >= 0.6 is 0 Å². The molecule has 2 aromatic heterocycles. The fourth-order valence-corrected chi connectivity index (χ4v) is 3.39. The number of aliphatic hydroxyl groups is 1. The smallest absolute Gasteiger partial charge is 0.227 e. The van der Waals surface area contributed by atoms with Crippen LogP contribution < -0.4 is 15.5 Å². The monoisotopic (exact) mass is 423 g/mol. The number of anilines is 4. The SMILES string of the molecule is CC(Nc1nc(Nc2cnccn2)cc(N2CC(O)(C(C)C)C2)n1)c1ccc(F)cc1. The van der Waals surface area contributed by atoms with Gasteiger partial charge in [-0.05, 0) is 30.5 Å². The van der Waals surface area contributed by atoms with Gasteiger partial charge in [0.1, 0.15) is 28.9 Å². The quantitative estimate of drug-likeness (QED) is 0.531. The maximum absolute atomic E-state index is 13.3. The second kappa shape index (κ2) is 8.43. The lowest BCUT2D eigenvalue weighted by Crippen LogP contribution is -2.65. The van der Waals surface area contributed by atoms with Crippen molar-refractivity contribution in [3.8, 4) is 0 Å². The minimum atomic E-state index is -0.724. The van der Waals surface area contributed by atoms with Crippen molar-refractivity contribution in [2.45, 2.75) is 32.4 Å². The molecule has 8 nitrogen and oxygen atoms in total. The molecule has 0 radical (unpaired) electrons. The number of nitrogens with one attached hydrogen (secondary N) is 2. The lowest BCUT2D eigenvalue weighted by Gasteiger charge is -2.49. The zero-order chi connectivity index (χ0) is 22.0. The molecular weight excluding hydrogens is 397 g/mol. The fourth-order valence-electron chi connectivity index (χ4n) is 3.39. The van der Waals surface area contributed by atoms with Crippen molar-refractivity contribution in [2.24, 2.45) is 5.92 Å². The molecule has 0 spiro atoms. The third-order valence-corrected chi connectivity index (χ3v) is 5.58. The number of nitrogens with zero attached hydrogens (tertiary/aromatic N) is 5. The second-order valence-corrected chi connectivity index (χ2v) is 8.18. The van der Waals surface area contributed by atoms with E-state index in [0.29, 0.717) is 36.5 Å². The summed E-state index contributed by atoms with van der Waals surface area (Å²) in [4.78, 5) is 19.5. The summed E-state index contributed by atoms with van der Waals surface area (Å²) >= 11 is 0. The van der Waals surface area contributed by atoms with Crippen LogP contribution in [0.25, 0.3) is 0 Å². The molecule has 1 aliphatic heterocycles. The van der Waals surface area contributed by atoms with Gasteiger partial charge in [0.2, 0.25) is 5.95 Å². The van der Waals surface area contributed by atoms with Crippen LogP contribution in [0.5, 0.6) is 0 Å². The molecule has 162 valence electrons. The minimum absolute atomic E-state index is 0.135. The van der Waals surface area contributed by atoms with Crippen LogP contribution in [0, 0.1) is 11.7 Å². The molecule has 1 unspecified atom stereocenters. The van der Waals surface area contributed by atoms with E-state index in [1.165, 1.54) is 12.1 Å². The van der Waals surface area contributed by atoms with Gasteiger partial charge in [-0.2, -0.15) is 9.97 Å². The number of rotatable bonds is 7. The Kier molecular flexibility index (Phi) is 5.69. The average Bonchev–Trinajstić information content (AvgIpc) is 2.72. The first-order chi connectivity index (χ1) is 14.8. The van der Waals surface area contributed by atoms with Crippen molar-refractivity contribution >= 4 is 23.4 Å². The summed E-state index contributed by atoms with van der Waals surface area (Å²) in [5, 5.41) is 17.1.